The molecule has 1 aliphatic heterocycles. The first-order chi connectivity index (χ1) is 11.8. The Morgan fingerprint density at radius 3 is 2.04 bits per heavy atom. The van der Waals surface area contributed by atoms with Crippen LogP contribution in [0.3, 0.4) is 0 Å². The van der Waals surface area contributed by atoms with Crippen LogP contribution < -0.4 is 5.32 Å². The second-order valence-electron chi connectivity index (χ2n) is 10.1. The predicted octanol–water partition coefficient (Wildman–Crippen LogP) is 4.58. The SMILES string of the molecule is CC1(CNC(C2CCC2)C2CCC2)CCN(C(=O)OC(C)(C)C)CC1. The number of nitrogens with zero attached hydrogens (tertiary/aromatic N) is 1. The van der Waals surface area contributed by atoms with Gasteiger partial charge in [-0.15, -0.1) is 0 Å². The second kappa shape index (κ2) is 7.46. The van der Waals surface area contributed by atoms with Gasteiger partial charge in [-0.05, 0) is 76.5 Å². The maximum atomic E-state index is 12.3. The van der Waals surface area contributed by atoms with Gasteiger partial charge in [0.15, 0.2) is 0 Å². The molecule has 0 unspecified atom stereocenters. The van der Waals surface area contributed by atoms with Crippen molar-refractivity contribution < 1.29 is 9.53 Å². The van der Waals surface area contributed by atoms with E-state index in [4.69, 9.17) is 4.74 Å². The van der Waals surface area contributed by atoms with Crippen molar-refractivity contribution in [2.24, 2.45) is 17.3 Å². The Kier molecular flexibility index (Phi) is 5.67. The van der Waals surface area contributed by atoms with Gasteiger partial charge in [0.05, 0.1) is 0 Å². The van der Waals surface area contributed by atoms with Crippen molar-refractivity contribution >= 4 is 6.09 Å². The van der Waals surface area contributed by atoms with Crippen LogP contribution in [0.4, 0.5) is 4.79 Å². The van der Waals surface area contributed by atoms with Crippen molar-refractivity contribution in [1.82, 2.24) is 10.2 Å². The Bertz CT molecular complexity index is 441. The molecule has 4 nitrogen and oxygen atoms in total. The molecule has 2 saturated carbocycles. The number of ether oxygens (including phenoxy) is 1. The first-order valence-electron chi connectivity index (χ1n) is 10.5. The van der Waals surface area contributed by atoms with Crippen LogP contribution in [0.1, 0.15) is 79.1 Å². The molecular weight excluding hydrogens is 312 g/mol. The van der Waals surface area contributed by atoms with Gasteiger partial charge in [0.1, 0.15) is 5.60 Å². The zero-order valence-electron chi connectivity index (χ0n) is 16.8. The van der Waals surface area contributed by atoms with Crippen LogP contribution in [0.15, 0.2) is 0 Å². The fourth-order valence-corrected chi connectivity index (χ4v) is 4.41. The van der Waals surface area contributed by atoms with E-state index in [1.165, 1.54) is 38.5 Å². The van der Waals surface area contributed by atoms with E-state index in [0.29, 0.717) is 5.41 Å². The van der Waals surface area contributed by atoms with Crippen LogP contribution in [0.5, 0.6) is 0 Å². The van der Waals surface area contributed by atoms with Gasteiger partial charge >= 0.3 is 6.09 Å². The van der Waals surface area contributed by atoms with Crippen molar-refractivity contribution in [3.63, 3.8) is 0 Å². The van der Waals surface area contributed by atoms with Gasteiger partial charge < -0.3 is 15.0 Å². The molecule has 1 N–H and O–H groups in total. The van der Waals surface area contributed by atoms with E-state index >= 15 is 0 Å². The van der Waals surface area contributed by atoms with Crippen molar-refractivity contribution in [2.45, 2.75) is 90.7 Å². The summed E-state index contributed by atoms with van der Waals surface area (Å²) in [6.07, 6.45) is 10.6. The number of carbonyl (C=O) groups excluding carboxylic acids is 1. The minimum absolute atomic E-state index is 0.149. The number of amides is 1. The smallest absolute Gasteiger partial charge is 0.410 e. The molecule has 0 aromatic heterocycles. The third kappa shape index (κ3) is 4.90. The lowest BCUT2D eigenvalue weighted by Crippen LogP contribution is -2.52. The van der Waals surface area contributed by atoms with E-state index in [9.17, 15) is 4.79 Å². The summed E-state index contributed by atoms with van der Waals surface area (Å²) in [5.74, 6) is 1.85. The zero-order chi connectivity index (χ0) is 18.1. The monoisotopic (exact) mass is 350 g/mol. The summed E-state index contributed by atoms with van der Waals surface area (Å²) in [6.45, 7) is 10.9. The van der Waals surface area contributed by atoms with Crippen LogP contribution in [-0.2, 0) is 4.74 Å². The molecule has 0 spiro atoms. The van der Waals surface area contributed by atoms with Crippen LogP contribution in [0.2, 0.25) is 0 Å². The van der Waals surface area contributed by atoms with E-state index < -0.39 is 5.60 Å². The largest absolute Gasteiger partial charge is 0.444 e. The molecule has 25 heavy (non-hydrogen) atoms. The fraction of sp³-hybridized carbons (Fsp3) is 0.952. The van der Waals surface area contributed by atoms with E-state index in [1.807, 2.05) is 25.7 Å². The number of nitrogens with one attached hydrogen (secondary N) is 1. The molecule has 1 heterocycles. The molecule has 2 aliphatic carbocycles. The highest BCUT2D eigenvalue weighted by Gasteiger charge is 2.38. The number of hydrogen-bond donors (Lipinski definition) is 1. The van der Waals surface area contributed by atoms with Gasteiger partial charge in [-0.3, -0.25) is 0 Å². The maximum absolute atomic E-state index is 12.3. The number of rotatable bonds is 5. The average molecular weight is 351 g/mol. The Morgan fingerprint density at radius 2 is 1.64 bits per heavy atom. The number of carbonyl (C=O) groups is 1. The first-order valence-corrected chi connectivity index (χ1v) is 10.5. The summed E-state index contributed by atoms with van der Waals surface area (Å²) < 4.78 is 5.52. The van der Waals surface area contributed by atoms with Gasteiger partial charge in [-0.2, -0.15) is 0 Å². The van der Waals surface area contributed by atoms with E-state index in [-0.39, 0.29) is 6.09 Å². The molecule has 0 bridgehead atoms. The molecule has 0 radical (unpaired) electrons. The summed E-state index contributed by atoms with van der Waals surface area (Å²) in [4.78, 5) is 14.1. The molecule has 0 aromatic rings. The third-order valence-electron chi connectivity index (χ3n) is 6.70. The average Bonchev–Trinajstić information content (AvgIpc) is 2.40. The quantitative estimate of drug-likeness (QED) is 0.789. The summed E-state index contributed by atoms with van der Waals surface area (Å²) in [7, 11) is 0. The first kappa shape index (κ1) is 19.0. The number of hydrogen-bond acceptors (Lipinski definition) is 3. The standard InChI is InChI=1S/C21H38N2O2/c1-20(2,3)25-19(24)23-13-11-21(4,12-14-23)15-22-18(16-7-5-8-16)17-9-6-10-17/h16-18,22H,5-15H2,1-4H3. The lowest BCUT2D eigenvalue weighted by Gasteiger charge is -2.46. The Labute approximate surface area is 154 Å². The van der Waals surface area contributed by atoms with Crippen LogP contribution in [0, 0.1) is 17.3 Å². The third-order valence-corrected chi connectivity index (χ3v) is 6.70. The second-order valence-corrected chi connectivity index (χ2v) is 10.1. The zero-order valence-corrected chi connectivity index (χ0v) is 16.8. The minimum atomic E-state index is -0.405. The molecule has 3 rings (SSSR count). The molecule has 3 fully saturated rings. The van der Waals surface area contributed by atoms with Crippen LogP contribution in [0.25, 0.3) is 0 Å². The van der Waals surface area contributed by atoms with Gasteiger partial charge in [0, 0.05) is 25.7 Å². The topological polar surface area (TPSA) is 41.6 Å². The summed E-state index contributed by atoms with van der Waals surface area (Å²) in [5, 5.41) is 3.98. The van der Waals surface area contributed by atoms with Gasteiger partial charge in [0.2, 0.25) is 0 Å². The van der Waals surface area contributed by atoms with Crippen molar-refractivity contribution in [2.75, 3.05) is 19.6 Å². The highest BCUT2D eigenvalue weighted by molar-refractivity contribution is 5.68. The summed E-state index contributed by atoms with van der Waals surface area (Å²) in [6, 6.07) is 0.753. The highest BCUT2D eigenvalue weighted by Crippen LogP contribution is 2.41. The van der Waals surface area contributed by atoms with E-state index in [0.717, 1.165) is 50.4 Å². The summed E-state index contributed by atoms with van der Waals surface area (Å²) >= 11 is 0. The number of likely N-dealkylation sites (tertiary alicyclic amines) is 1. The number of piperidine rings is 1. The maximum Gasteiger partial charge on any atom is 0.410 e. The minimum Gasteiger partial charge on any atom is -0.444 e. The summed E-state index contributed by atoms with van der Waals surface area (Å²) in [5.41, 5.74) is -0.0948. The normalized spacial score (nSPS) is 24.8. The lowest BCUT2D eigenvalue weighted by atomic mass is 9.68. The molecule has 0 aromatic carbocycles. The Morgan fingerprint density at radius 1 is 1.12 bits per heavy atom. The molecule has 3 aliphatic rings. The Hall–Kier alpha value is -0.770. The predicted molar refractivity (Wildman–Crippen MR) is 102 cm³/mol. The van der Waals surface area contributed by atoms with Crippen molar-refractivity contribution in [1.29, 1.82) is 0 Å². The van der Waals surface area contributed by atoms with Gasteiger partial charge in [0.25, 0.3) is 0 Å². The van der Waals surface area contributed by atoms with Crippen LogP contribution in [-0.4, -0.2) is 42.3 Å². The molecular formula is C21H38N2O2. The lowest BCUT2D eigenvalue weighted by molar-refractivity contribution is 0.0105. The van der Waals surface area contributed by atoms with Crippen molar-refractivity contribution in [3.05, 3.63) is 0 Å². The Balaban J connectivity index is 1.46. The fourth-order valence-electron chi connectivity index (χ4n) is 4.41. The highest BCUT2D eigenvalue weighted by atomic mass is 16.6. The van der Waals surface area contributed by atoms with Gasteiger partial charge in [-0.25, -0.2) is 4.79 Å². The van der Waals surface area contributed by atoms with E-state index in [1.54, 1.807) is 0 Å². The van der Waals surface area contributed by atoms with Crippen LogP contribution >= 0.6 is 0 Å². The van der Waals surface area contributed by atoms with E-state index in [2.05, 4.69) is 12.2 Å². The molecule has 0 atom stereocenters. The van der Waals surface area contributed by atoms with Gasteiger partial charge in [-0.1, -0.05) is 19.8 Å². The molecule has 144 valence electrons. The van der Waals surface area contributed by atoms with Crippen molar-refractivity contribution in [3.8, 4) is 0 Å². The molecule has 1 saturated heterocycles. The molecule has 4 heteroatoms. The molecule has 1 amide bonds.